The summed E-state index contributed by atoms with van der Waals surface area (Å²) < 4.78 is 0. The maximum Gasteiger partial charge on any atom is 0.257 e. The largest absolute Gasteiger partial charge is 0.326 e. The summed E-state index contributed by atoms with van der Waals surface area (Å²) in [6, 6.07) is 23.3. The Balaban J connectivity index is 1.65. The van der Waals surface area contributed by atoms with Gasteiger partial charge in [0, 0.05) is 11.4 Å². The predicted octanol–water partition coefficient (Wildman–Crippen LogP) is 4.77. The molecule has 0 saturated heterocycles. The molecule has 0 bridgehead atoms. The van der Waals surface area contributed by atoms with Crippen molar-refractivity contribution in [3.05, 3.63) is 95.0 Å². The van der Waals surface area contributed by atoms with Crippen LogP contribution in [-0.4, -0.2) is 11.8 Å². The van der Waals surface area contributed by atoms with Crippen LogP contribution >= 0.6 is 11.6 Å². The van der Waals surface area contributed by atoms with Gasteiger partial charge in [-0.2, -0.15) is 0 Å². The molecule has 0 aliphatic carbocycles. The number of benzene rings is 3. The van der Waals surface area contributed by atoms with Crippen molar-refractivity contribution >= 4 is 34.8 Å². The van der Waals surface area contributed by atoms with Gasteiger partial charge < -0.3 is 10.6 Å². The Morgan fingerprint density at radius 3 is 2.15 bits per heavy atom. The number of carbonyl (C=O) groups is 2. The summed E-state index contributed by atoms with van der Waals surface area (Å²) in [6.45, 7) is 0. The molecule has 3 aromatic rings. The Hall–Kier alpha value is -3.11. The van der Waals surface area contributed by atoms with Gasteiger partial charge in [0.05, 0.1) is 17.0 Å². The van der Waals surface area contributed by atoms with Crippen LogP contribution in [0.5, 0.6) is 0 Å². The summed E-state index contributed by atoms with van der Waals surface area (Å²) in [7, 11) is 0. The van der Waals surface area contributed by atoms with Gasteiger partial charge in [-0.1, -0.05) is 60.1 Å². The highest BCUT2D eigenvalue weighted by Gasteiger charge is 2.10. The maximum absolute atomic E-state index is 12.3. The summed E-state index contributed by atoms with van der Waals surface area (Å²) in [5.74, 6) is -0.422. The van der Waals surface area contributed by atoms with Crippen molar-refractivity contribution in [1.82, 2.24) is 0 Å². The zero-order valence-electron chi connectivity index (χ0n) is 13.9. The summed E-state index contributed by atoms with van der Waals surface area (Å²) in [5, 5.41) is 6.01. The van der Waals surface area contributed by atoms with E-state index in [9.17, 15) is 9.59 Å². The third-order valence-electron chi connectivity index (χ3n) is 3.73. The zero-order valence-corrected chi connectivity index (χ0v) is 14.7. The zero-order chi connectivity index (χ0) is 18.4. The van der Waals surface area contributed by atoms with E-state index in [2.05, 4.69) is 10.6 Å². The number of hydrogen-bond acceptors (Lipinski definition) is 2. The molecule has 0 spiro atoms. The number of hydrogen-bond donors (Lipinski definition) is 2. The highest BCUT2D eigenvalue weighted by atomic mass is 35.5. The van der Waals surface area contributed by atoms with Crippen molar-refractivity contribution in [1.29, 1.82) is 0 Å². The van der Waals surface area contributed by atoms with Crippen LogP contribution in [0.1, 0.15) is 15.9 Å². The fourth-order valence-electron chi connectivity index (χ4n) is 2.50. The number of amides is 2. The summed E-state index contributed by atoms with van der Waals surface area (Å²) in [6.07, 6.45) is 0.289. The van der Waals surface area contributed by atoms with Gasteiger partial charge >= 0.3 is 0 Å². The molecule has 0 saturated carbocycles. The monoisotopic (exact) mass is 364 g/mol. The fraction of sp³-hybridized carbons (Fsp3) is 0.0476. The first-order chi connectivity index (χ1) is 12.6. The fourth-order valence-corrected chi connectivity index (χ4v) is 2.73. The number of nitrogens with one attached hydrogen (secondary N) is 2. The lowest BCUT2D eigenvalue weighted by molar-refractivity contribution is -0.115. The average molecular weight is 365 g/mol. The second-order valence-corrected chi connectivity index (χ2v) is 6.13. The molecular formula is C21H17ClN2O2. The third kappa shape index (κ3) is 4.71. The van der Waals surface area contributed by atoms with Crippen molar-refractivity contribution in [2.75, 3.05) is 10.6 Å². The molecule has 2 N–H and O–H groups in total. The average Bonchev–Trinajstić information content (AvgIpc) is 2.63. The number of rotatable bonds is 5. The Morgan fingerprint density at radius 1 is 0.769 bits per heavy atom. The molecule has 0 fully saturated rings. The molecule has 130 valence electrons. The van der Waals surface area contributed by atoms with E-state index in [1.165, 1.54) is 0 Å². The Bertz CT molecular complexity index is 926. The molecule has 0 aromatic heterocycles. The molecule has 0 unspecified atom stereocenters. The molecular weight excluding hydrogens is 348 g/mol. The first kappa shape index (κ1) is 17.7. The molecule has 0 aliphatic rings. The molecule has 3 aromatic carbocycles. The van der Waals surface area contributed by atoms with E-state index < -0.39 is 0 Å². The van der Waals surface area contributed by atoms with Gasteiger partial charge in [-0.05, 0) is 35.9 Å². The van der Waals surface area contributed by atoms with Gasteiger partial charge in [0.1, 0.15) is 0 Å². The number of carbonyl (C=O) groups excluding carboxylic acids is 2. The minimum Gasteiger partial charge on any atom is -0.326 e. The van der Waals surface area contributed by atoms with E-state index in [1.54, 1.807) is 48.5 Å². The van der Waals surface area contributed by atoms with Crippen molar-refractivity contribution in [3.63, 3.8) is 0 Å². The Labute approximate surface area is 156 Å². The van der Waals surface area contributed by atoms with Crippen LogP contribution in [0.15, 0.2) is 78.9 Å². The molecule has 0 heterocycles. The van der Waals surface area contributed by atoms with E-state index >= 15 is 0 Å². The van der Waals surface area contributed by atoms with Crippen LogP contribution < -0.4 is 10.6 Å². The van der Waals surface area contributed by atoms with Crippen LogP contribution in [0.25, 0.3) is 0 Å². The van der Waals surface area contributed by atoms with Gasteiger partial charge in [-0.25, -0.2) is 0 Å². The van der Waals surface area contributed by atoms with Gasteiger partial charge in [-0.15, -0.1) is 0 Å². The van der Waals surface area contributed by atoms with Crippen molar-refractivity contribution in [3.8, 4) is 0 Å². The van der Waals surface area contributed by atoms with E-state index in [1.807, 2.05) is 30.3 Å². The van der Waals surface area contributed by atoms with Crippen LogP contribution in [0.3, 0.4) is 0 Å². The summed E-state index contributed by atoms with van der Waals surface area (Å²) in [5.41, 5.74) is 2.52. The standard InChI is InChI=1S/C21H17ClN2O2/c22-19-12-5-4-11-18(19)21(26)24-17-10-6-9-16(14-17)23-20(25)13-15-7-2-1-3-8-15/h1-12,14H,13H2,(H,23,25)(H,24,26). The van der Waals surface area contributed by atoms with Gasteiger partial charge in [0.15, 0.2) is 0 Å². The minimum atomic E-state index is -0.302. The third-order valence-corrected chi connectivity index (χ3v) is 4.06. The van der Waals surface area contributed by atoms with Crippen molar-refractivity contribution in [2.45, 2.75) is 6.42 Å². The summed E-state index contributed by atoms with van der Waals surface area (Å²) in [4.78, 5) is 24.5. The van der Waals surface area contributed by atoms with E-state index in [-0.39, 0.29) is 18.2 Å². The normalized spacial score (nSPS) is 10.2. The molecule has 4 nitrogen and oxygen atoms in total. The van der Waals surface area contributed by atoms with Crippen LogP contribution in [0, 0.1) is 0 Å². The minimum absolute atomic E-state index is 0.120. The topological polar surface area (TPSA) is 58.2 Å². The SMILES string of the molecule is O=C(Cc1ccccc1)Nc1cccc(NC(=O)c2ccccc2Cl)c1. The quantitative estimate of drug-likeness (QED) is 0.684. The van der Waals surface area contributed by atoms with Crippen LogP contribution in [0.4, 0.5) is 11.4 Å². The van der Waals surface area contributed by atoms with Gasteiger partial charge in [0.2, 0.25) is 5.91 Å². The lowest BCUT2D eigenvalue weighted by Crippen LogP contribution is -2.15. The lowest BCUT2D eigenvalue weighted by Gasteiger charge is -2.10. The van der Waals surface area contributed by atoms with E-state index in [4.69, 9.17) is 11.6 Å². The summed E-state index contributed by atoms with van der Waals surface area (Å²) >= 11 is 6.04. The maximum atomic E-state index is 12.3. The first-order valence-electron chi connectivity index (χ1n) is 8.11. The molecule has 2 amide bonds. The van der Waals surface area contributed by atoms with Crippen LogP contribution in [0.2, 0.25) is 5.02 Å². The van der Waals surface area contributed by atoms with E-state index in [0.717, 1.165) is 5.56 Å². The lowest BCUT2D eigenvalue weighted by atomic mass is 10.1. The van der Waals surface area contributed by atoms with Gasteiger partial charge in [0.25, 0.3) is 5.91 Å². The molecule has 5 heteroatoms. The molecule has 3 rings (SSSR count). The van der Waals surface area contributed by atoms with E-state index in [0.29, 0.717) is 22.0 Å². The number of halogens is 1. The number of anilines is 2. The first-order valence-corrected chi connectivity index (χ1v) is 8.49. The van der Waals surface area contributed by atoms with Crippen molar-refractivity contribution < 1.29 is 9.59 Å². The van der Waals surface area contributed by atoms with Crippen molar-refractivity contribution in [2.24, 2.45) is 0 Å². The molecule has 0 radical (unpaired) electrons. The highest BCUT2D eigenvalue weighted by molar-refractivity contribution is 6.34. The molecule has 0 atom stereocenters. The second-order valence-electron chi connectivity index (χ2n) is 5.73. The highest BCUT2D eigenvalue weighted by Crippen LogP contribution is 2.19. The smallest absolute Gasteiger partial charge is 0.257 e. The Morgan fingerprint density at radius 2 is 1.42 bits per heavy atom. The van der Waals surface area contributed by atoms with Gasteiger partial charge in [-0.3, -0.25) is 9.59 Å². The second kappa shape index (κ2) is 8.32. The molecule has 26 heavy (non-hydrogen) atoms. The Kier molecular flexibility index (Phi) is 5.66. The predicted molar refractivity (Wildman–Crippen MR) is 105 cm³/mol. The molecule has 0 aliphatic heterocycles. The van der Waals surface area contributed by atoms with Crippen LogP contribution in [-0.2, 0) is 11.2 Å².